The lowest BCUT2D eigenvalue weighted by atomic mass is 10.0. The lowest BCUT2D eigenvalue weighted by molar-refractivity contribution is 0.112. The van der Waals surface area contributed by atoms with Gasteiger partial charge in [0, 0.05) is 28.2 Å². The van der Waals surface area contributed by atoms with Crippen LogP contribution in [0.2, 0.25) is 0 Å². The number of aromatic nitrogens is 1. The van der Waals surface area contributed by atoms with Crippen LogP contribution in [0.4, 0.5) is 4.39 Å². The Morgan fingerprint density at radius 1 is 1.11 bits per heavy atom. The monoisotopic (exact) mass is 239 g/mol. The molecule has 0 atom stereocenters. The van der Waals surface area contributed by atoms with Crippen molar-refractivity contribution in [2.45, 2.75) is 0 Å². The highest BCUT2D eigenvalue weighted by atomic mass is 19.1. The molecule has 0 radical (unpaired) electrons. The topological polar surface area (TPSA) is 32.9 Å². The molecule has 88 valence electrons. The molecule has 0 fully saturated rings. The number of hydrogen-bond acceptors (Lipinski definition) is 1. The highest BCUT2D eigenvalue weighted by Crippen LogP contribution is 2.28. The highest BCUT2D eigenvalue weighted by molar-refractivity contribution is 5.99. The summed E-state index contributed by atoms with van der Waals surface area (Å²) < 4.78 is 14.0. The van der Waals surface area contributed by atoms with Gasteiger partial charge >= 0.3 is 0 Å². The van der Waals surface area contributed by atoms with Crippen molar-refractivity contribution in [3.05, 3.63) is 60.0 Å². The average molecular weight is 239 g/mol. The van der Waals surface area contributed by atoms with Crippen LogP contribution in [0.3, 0.4) is 0 Å². The molecule has 0 saturated heterocycles. The Morgan fingerprint density at radius 2 is 1.89 bits per heavy atom. The van der Waals surface area contributed by atoms with Crippen molar-refractivity contribution in [2.24, 2.45) is 0 Å². The zero-order valence-corrected chi connectivity index (χ0v) is 9.48. The molecule has 3 heteroatoms. The maximum absolute atomic E-state index is 14.0. The van der Waals surface area contributed by atoms with Gasteiger partial charge in [0.1, 0.15) is 5.82 Å². The molecule has 0 bridgehead atoms. The van der Waals surface area contributed by atoms with Gasteiger partial charge in [-0.25, -0.2) is 4.39 Å². The number of carbonyl (C=O) groups excluding carboxylic acids is 1. The summed E-state index contributed by atoms with van der Waals surface area (Å²) in [7, 11) is 0. The van der Waals surface area contributed by atoms with E-state index in [1.165, 1.54) is 6.07 Å². The molecule has 0 aliphatic rings. The lowest BCUT2D eigenvalue weighted by Gasteiger charge is -2.04. The first-order chi connectivity index (χ1) is 8.79. The molecule has 2 nitrogen and oxygen atoms in total. The largest absolute Gasteiger partial charge is 0.360 e. The second-order valence-electron chi connectivity index (χ2n) is 4.11. The fraction of sp³-hybridized carbons (Fsp3) is 0. The number of nitrogens with one attached hydrogen (secondary N) is 1. The molecule has 0 saturated carbocycles. The van der Waals surface area contributed by atoms with Crippen molar-refractivity contribution < 1.29 is 9.18 Å². The van der Waals surface area contributed by atoms with Gasteiger partial charge in [0.05, 0.1) is 0 Å². The average Bonchev–Trinajstić information content (AvgIpc) is 2.80. The lowest BCUT2D eigenvalue weighted by Crippen LogP contribution is -1.85. The molecule has 2 aromatic carbocycles. The zero-order chi connectivity index (χ0) is 12.5. The first kappa shape index (κ1) is 10.7. The van der Waals surface area contributed by atoms with Crippen molar-refractivity contribution in [3.63, 3.8) is 0 Å². The second-order valence-corrected chi connectivity index (χ2v) is 4.11. The van der Waals surface area contributed by atoms with E-state index in [2.05, 4.69) is 4.98 Å². The maximum atomic E-state index is 14.0. The van der Waals surface area contributed by atoms with Crippen LogP contribution in [0.25, 0.3) is 22.0 Å². The Hall–Kier alpha value is -2.42. The van der Waals surface area contributed by atoms with Gasteiger partial charge in [0.2, 0.25) is 0 Å². The highest BCUT2D eigenvalue weighted by Gasteiger charge is 2.10. The number of halogens is 1. The quantitative estimate of drug-likeness (QED) is 0.678. The molecule has 0 amide bonds. The van der Waals surface area contributed by atoms with Gasteiger partial charge < -0.3 is 4.98 Å². The third-order valence-corrected chi connectivity index (χ3v) is 3.01. The molecule has 0 unspecified atom stereocenters. The van der Waals surface area contributed by atoms with E-state index in [4.69, 9.17) is 0 Å². The number of hydrogen-bond donors (Lipinski definition) is 1. The van der Waals surface area contributed by atoms with E-state index < -0.39 is 0 Å². The summed E-state index contributed by atoms with van der Waals surface area (Å²) in [5.74, 6) is -0.298. The number of fused-ring (bicyclic) bond motifs is 1. The van der Waals surface area contributed by atoms with Gasteiger partial charge in [-0.15, -0.1) is 0 Å². The standard InChI is InChI=1S/C15H10FNO/c16-14-7-15-13(11(9-18)8-17-15)6-12(14)10-4-2-1-3-5-10/h1-9,17H. The summed E-state index contributed by atoms with van der Waals surface area (Å²) in [6, 6.07) is 12.4. The first-order valence-electron chi connectivity index (χ1n) is 5.61. The third-order valence-electron chi connectivity index (χ3n) is 3.01. The van der Waals surface area contributed by atoms with E-state index in [1.54, 1.807) is 12.3 Å². The van der Waals surface area contributed by atoms with Crippen LogP contribution in [0, 0.1) is 5.82 Å². The van der Waals surface area contributed by atoms with Crippen LogP contribution < -0.4 is 0 Å². The van der Waals surface area contributed by atoms with E-state index in [1.807, 2.05) is 30.3 Å². The van der Waals surface area contributed by atoms with Crippen LogP contribution in [-0.4, -0.2) is 11.3 Å². The van der Waals surface area contributed by atoms with Crippen molar-refractivity contribution in [1.29, 1.82) is 0 Å². The van der Waals surface area contributed by atoms with Crippen molar-refractivity contribution >= 4 is 17.2 Å². The van der Waals surface area contributed by atoms with Gasteiger partial charge in [-0.1, -0.05) is 30.3 Å². The number of carbonyl (C=O) groups is 1. The molecule has 0 aliphatic carbocycles. The summed E-state index contributed by atoms with van der Waals surface area (Å²) >= 11 is 0. The first-order valence-corrected chi connectivity index (χ1v) is 5.61. The number of benzene rings is 2. The Balaban J connectivity index is 2.29. The predicted molar refractivity (Wildman–Crippen MR) is 69.1 cm³/mol. The van der Waals surface area contributed by atoms with Gasteiger partial charge in [0.25, 0.3) is 0 Å². The summed E-state index contributed by atoms with van der Waals surface area (Å²) in [6.45, 7) is 0. The van der Waals surface area contributed by atoms with Crippen molar-refractivity contribution in [1.82, 2.24) is 4.98 Å². The van der Waals surface area contributed by atoms with Crippen LogP contribution in [-0.2, 0) is 0 Å². The van der Waals surface area contributed by atoms with E-state index in [0.29, 0.717) is 16.6 Å². The van der Waals surface area contributed by atoms with Gasteiger partial charge in [-0.05, 0) is 17.7 Å². The Morgan fingerprint density at radius 3 is 2.61 bits per heavy atom. The molecule has 3 aromatic rings. The maximum Gasteiger partial charge on any atom is 0.152 e. The third kappa shape index (κ3) is 1.61. The molecule has 1 heterocycles. The molecule has 3 rings (SSSR count). The Bertz CT molecular complexity index is 716. The number of H-pyrrole nitrogens is 1. The summed E-state index contributed by atoms with van der Waals surface area (Å²) in [4.78, 5) is 13.8. The summed E-state index contributed by atoms with van der Waals surface area (Å²) in [5.41, 5.74) is 2.48. The minimum absolute atomic E-state index is 0.298. The molecule has 1 N–H and O–H groups in total. The minimum atomic E-state index is -0.298. The SMILES string of the molecule is O=Cc1c[nH]c2cc(F)c(-c3ccccc3)cc12. The molecular weight excluding hydrogens is 229 g/mol. The summed E-state index contributed by atoms with van der Waals surface area (Å²) in [6.07, 6.45) is 2.36. The van der Waals surface area contributed by atoms with E-state index >= 15 is 0 Å². The second kappa shape index (κ2) is 4.11. The van der Waals surface area contributed by atoms with E-state index in [9.17, 15) is 9.18 Å². The molecule has 18 heavy (non-hydrogen) atoms. The van der Waals surface area contributed by atoms with Crippen LogP contribution in [0.15, 0.2) is 48.7 Å². The van der Waals surface area contributed by atoms with E-state index in [0.717, 1.165) is 17.2 Å². The predicted octanol–water partition coefficient (Wildman–Crippen LogP) is 3.79. The number of rotatable bonds is 2. The zero-order valence-electron chi connectivity index (χ0n) is 9.48. The molecule has 0 spiro atoms. The van der Waals surface area contributed by atoms with Gasteiger partial charge in [0.15, 0.2) is 6.29 Å². The molecular formula is C15H10FNO. The fourth-order valence-corrected chi connectivity index (χ4v) is 2.10. The minimum Gasteiger partial charge on any atom is -0.360 e. The van der Waals surface area contributed by atoms with Crippen LogP contribution in [0.1, 0.15) is 10.4 Å². The number of aromatic amines is 1. The number of aldehydes is 1. The Labute approximate surface area is 103 Å². The van der Waals surface area contributed by atoms with Crippen LogP contribution in [0.5, 0.6) is 0 Å². The van der Waals surface area contributed by atoms with Crippen molar-refractivity contribution in [3.8, 4) is 11.1 Å². The van der Waals surface area contributed by atoms with Crippen LogP contribution >= 0.6 is 0 Å². The molecule has 0 aliphatic heterocycles. The van der Waals surface area contributed by atoms with E-state index in [-0.39, 0.29) is 5.82 Å². The molecule has 1 aromatic heterocycles. The van der Waals surface area contributed by atoms with Gasteiger partial charge in [-0.3, -0.25) is 4.79 Å². The van der Waals surface area contributed by atoms with Gasteiger partial charge in [-0.2, -0.15) is 0 Å². The summed E-state index contributed by atoms with van der Waals surface area (Å²) in [5, 5.41) is 0.741. The smallest absolute Gasteiger partial charge is 0.152 e. The normalized spacial score (nSPS) is 10.7. The van der Waals surface area contributed by atoms with Crippen molar-refractivity contribution in [2.75, 3.05) is 0 Å². The Kier molecular flexibility index (Phi) is 2.45. The fourth-order valence-electron chi connectivity index (χ4n) is 2.10.